The second-order valence-corrected chi connectivity index (χ2v) is 5.55. The number of anilines is 1. The van der Waals surface area contributed by atoms with Crippen molar-refractivity contribution in [2.45, 2.75) is 4.90 Å². The van der Waals surface area contributed by atoms with Crippen molar-refractivity contribution in [2.75, 3.05) is 5.73 Å². The molecular formula is C13H12N2O3S. The van der Waals surface area contributed by atoms with Gasteiger partial charge in [0.2, 0.25) is 10.0 Å². The molecule has 0 atom stereocenters. The van der Waals surface area contributed by atoms with E-state index in [0.717, 1.165) is 0 Å². The highest BCUT2D eigenvalue weighted by Gasteiger charge is 2.16. The zero-order chi connectivity index (χ0) is 14.0. The Kier molecular flexibility index (Phi) is 3.37. The summed E-state index contributed by atoms with van der Waals surface area (Å²) >= 11 is 0. The number of primary sulfonamides is 1. The normalized spacial score (nSPS) is 11.2. The Labute approximate surface area is 110 Å². The van der Waals surface area contributed by atoms with E-state index in [-0.39, 0.29) is 21.9 Å². The number of rotatable bonds is 3. The van der Waals surface area contributed by atoms with Crippen molar-refractivity contribution in [3.8, 4) is 0 Å². The predicted octanol–water partition coefficient (Wildman–Crippen LogP) is 1.15. The first kappa shape index (κ1) is 13.3. The second kappa shape index (κ2) is 4.83. The largest absolute Gasteiger partial charge is 0.398 e. The summed E-state index contributed by atoms with van der Waals surface area (Å²) in [7, 11) is -3.87. The Hall–Kier alpha value is -2.18. The maximum Gasteiger partial charge on any atom is 0.238 e. The molecule has 0 fully saturated rings. The molecule has 2 rings (SSSR count). The molecule has 0 spiro atoms. The lowest BCUT2D eigenvalue weighted by Gasteiger charge is -2.07. The van der Waals surface area contributed by atoms with Crippen LogP contribution in [0.1, 0.15) is 15.9 Å². The maximum absolute atomic E-state index is 12.2. The van der Waals surface area contributed by atoms with Crippen LogP contribution < -0.4 is 10.9 Å². The molecule has 0 amide bonds. The number of sulfonamides is 1. The number of nitrogens with two attached hydrogens (primary N) is 2. The molecule has 0 aliphatic carbocycles. The van der Waals surface area contributed by atoms with Gasteiger partial charge < -0.3 is 5.73 Å². The average Bonchev–Trinajstić information content (AvgIpc) is 2.38. The molecule has 98 valence electrons. The number of carbonyl (C=O) groups excluding carboxylic acids is 1. The SMILES string of the molecule is Nc1ccc(S(N)(=O)=O)cc1C(=O)c1ccccc1. The summed E-state index contributed by atoms with van der Waals surface area (Å²) in [6.45, 7) is 0. The highest BCUT2D eigenvalue weighted by Crippen LogP contribution is 2.20. The van der Waals surface area contributed by atoms with Crippen molar-refractivity contribution in [3.05, 3.63) is 59.7 Å². The van der Waals surface area contributed by atoms with Gasteiger partial charge in [-0.1, -0.05) is 30.3 Å². The standard InChI is InChI=1S/C13H12N2O3S/c14-12-7-6-10(19(15,17)18)8-11(12)13(16)9-4-2-1-3-5-9/h1-8H,14H2,(H2,15,17,18). The lowest BCUT2D eigenvalue weighted by atomic mass is 10.0. The van der Waals surface area contributed by atoms with Gasteiger partial charge >= 0.3 is 0 Å². The number of ketones is 1. The minimum Gasteiger partial charge on any atom is -0.398 e. The molecule has 4 N–H and O–H groups in total. The van der Waals surface area contributed by atoms with Gasteiger partial charge in [-0.05, 0) is 18.2 Å². The third kappa shape index (κ3) is 2.81. The van der Waals surface area contributed by atoms with Gasteiger partial charge in [0, 0.05) is 16.8 Å². The smallest absolute Gasteiger partial charge is 0.238 e. The van der Waals surface area contributed by atoms with Crippen molar-refractivity contribution >= 4 is 21.5 Å². The molecule has 0 saturated carbocycles. The highest BCUT2D eigenvalue weighted by molar-refractivity contribution is 7.89. The molecule has 0 aliphatic rings. The van der Waals surface area contributed by atoms with E-state index in [0.29, 0.717) is 5.56 Å². The van der Waals surface area contributed by atoms with Gasteiger partial charge in [0.1, 0.15) is 0 Å². The van der Waals surface area contributed by atoms with Gasteiger partial charge in [-0.25, -0.2) is 13.6 Å². The first-order chi connectivity index (χ1) is 8.89. The molecule has 0 heterocycles. The predicted molar refractivity (Wildman–Crippen MR) is 72.1 cm³/mol. The molecule has 6 heteroatoms. The summed E-state index contributed by atoms with van der Waals surface area (Å²) in [4.78, 5) is 12.1. The quantitative estimate of drug-likeness (QED) is 0.648. The first-order valence-corrected chi connectivity index (χ1v) is 6.96. The van der Waals surface area contributed by atoms with Crippen molar-refractivity contribution < 1.29 is 13.2 Å². The molecule has 19 heavy (non-hydrogen) atoms. The molecule has 2 aromatic rings. The van der Waals surface area contributed by atoms with Gasteiger partial charge in [0.25, 0.3) is 0 Å². The topological polar surface area (TPSA) is 103 Å². The van der Waals surface area contributed by atoms with Crippen molar-refractivity contribution in [1.82, 2.24) is 0 Å². The Morgan fingerprint density at radius 3 is 2.21 bits per heavy atom. The Balaban J connectivity index is 2.54. The summed E-state index contributed by atoms with van der Waals surface area (Å²) < 4.78 is 22.6. The zero-order valence-corrected chi connectivity index (χ0v) is 10.7. The third-order valence-corrected chi connectivity index (χ3v) is 3.54. The van der Waals surface area contributed by atoms with Crippen LogP contribution >= 0.6 is 0 Å². The molecule has 0 unspecified atom stereocenters. The van der Waals surface area contributed by atoms with Crippen LogP contribution in [0.2, 0.25) is 0 Å². The lowest BCUT2D eigenvalue weighted by Crippen LogP contribution is -2.14. The number of hydrogen-bond donors (Lipinski definition) is 2. The van der Waals surface area contributed by atoms with E-state index in [4.69, 9.17) is 10.9 Å². The molecule has 0 bridgehead atoms. The third-order valence-electron chi connectivity index (χ3n) is 2.63. The van der Waals surface area contributed by atoms with Gasteiger partial charge in [-0.15, -0.1) is 0 Å². The van der Waals surface area contributed by atoms with Crippen LogP contribution in [0.5, 0.6) is 0 Å². The number of carbonyl (C=O) groups is 1. The average molecular weight is 276 g/mol. The van der Waals surface area contributed by atoms with Crippen LogP contribution in [-0.2, 0) is 10.0 Å². The fraction of sp³-hybridized carbons (Fsp3) is 0. The molecule has 0 aromatic heterocycles. The van der Waals surface area contributed by atoms with Gasteiger partial charge in [0.05, 0.1) is 4.90 Å². The van der Waals surface area contributed by atoms with E-state index < -0.39 is 10.0 Å². The van der Waals surface area contributed by atoms with Crippen molar-refractivity contribution in [3.63, 3.8) is 0 Å². The maximum atomic E-state index is 12.2. The van der Waals surface area contributed by atoms with Crippen LogP contribution in [0, 0.1) is 0 Å². The van der Waals surface area contributed by atoms with Crippen molar-refractivity contribution in [2.24, 2.45) is 5.14 Å². The van der Waals surface area contributed by atoms with Gasteiger partial charge in [-0.2, -0.15) is 0 Å². The summed E-state index contributed by atoms with van der Waals surface area (Å²) in [5.74, 6) is -0.344. The summed E-state index contributed by atoms with van der Waals surface area (Å²) in [6, 6.07) is 12.3. The molecule has 0 aliphatic heterocycles. The monoisotopic (exact) mass is 276 g/mol. The van der Waals surface area contributed by atoms with E-state index >= 15 is 0 Å². The first-order valence-electron chi connectivity index (χ1n) is 5.41. The number of nitrogen functional groups attached to an aromatic ring is 1. The Morgan fingerprint density at radius 1 is 1.00 bits per heavy atom. The van der Waals surface area contributed by atoms with E-state index in [1.165, 1.54) is 18.2 Å². The Morgan fingerprint density at radius 2 is 1.63 bits per heavy atom. The Bertz CT molecular complexity index is 725. The molecule has 0 radical (unpaired) electrons. The number of benzene rings is 2. The zero-order valence-electron chi connectivity index (χ0n) is 9.91. The van der Waals surface area contributed by atoms with E-state index in [1.807, 2.05) is 0 Å². The van der Waals surface area contributed by atoms with Gasteiger partial charge in [0.15, 0.2) is 5.78 Å². The second-order valence-electron chi connectivity index (χ2n) is 3.99. The fourth-order valence-corrected chi connectivity index (χ4v) is 2.19. The molecular weight excluding hydrogens is 264 g/mol. The van der Waals surface area contributed by atoms with Crippen LogP contribution in [0.15, 0.2) is 53.4 Å². The van der Waals surface area contributed by atoms with E-state index in [9.17, 15) is 13.2 Å². The van der Waals surface area contributed by atoms with Crippen molar-refractivity contribution in [1.29, 1.82) is 0 Å². The van der Waals surface area contributed by atoms with Gasteiger partial charge in [-0.3, -0.25) is 4.79 Å². The molecule has 5 nitrogen and oxygen atoms in total. The van der Waals surface area contributed by atoms with Crippen LogP contribution in [0.4, 0.5) is 5.69 Å². The molecule has 0 saturated heterocycles. The summed E-state index contributed by atoms with van der Waals surface area (Å²) in [6.07, 6.45) is 0. The lowest BCUT2D eigenvalue weighted by molar-refractivity contribution is 0.103. The summed E-state index contributed by atoms with van der Waals surface area (Å²) in [5, 5.41) is 5.03. The van der Waals surface area contributed by atoms with Crippen LogP contribution in [0.3, 0.4) is 0 Å². The van der Waals surface area contributed by atoms with E-state index in [2.05, 4.69) is 0 Å². The van der Waals surface area contributed by atoms with E-state index in [1.54, 1.807) is 30.3 Å². The molecule has 2 aromatic carbocycles. The fourth-order valence-electron chi connectivity index (χ4n) is 1.65. The van der Waals surface area contributed by atoms with Crippen LogP contribution in [0.25, 0.3) is 0 Å². The minimum atomic E-state index is -3.87. The summed E-state index contributed by atoms with van der Waals surface area (Å²) in [5.41, 5.74) is 6.48. The highest BCUT2D eigenvalue weighted by atomic mass is 32.2. The van der Waals surface area contributed by atoms with Crippen LogP contribution in [-0.4, -0.2) is 14.2 Å². The number of hydrogen-bond acceptors (Lipinski definition) is 4. The minimum absolute atomic E-state index is 0.123.